The first-order valence-corrected chi connectivity index (χ1v) is 5.28. The van der Waals surface area contributed by atoms with E-state index >= 15 is 0 Å². The first kappa shape index (κ1) is 12.8. The molecule has 0 spiro atoms. The number of carboxylic acid groups (broad SMARTS) is 1. The van der Waals surface area contributed by atoms with Gasteiger partial charge in [-0.3, -0.25) is 15.0 Å². The van der Waals surface area contributed by atoms with E-state index in [1.807, 2.05) is 0 Å². The summed E-state index contributed by atoms with van der Waals surface area (Å²) < 4.78 is 0. The van der Waals surface area contributed by atoms with E-state index in [0.29, 0.717) is 5.01 Å². The van der Waals surface area contributed by atoms with Crippen LogP contribution in [0.5, 0.6) is 5.75 Å². The van der Waals surface area contributed by atoms with Gasteiger partial charge < -0.3 is 15.3 Å². The summed E-state index contributed by atoms with van der Waals surface area (Å²) in [5.74, 6) is -3.21. The third kappa shape index (κ3) is 2.33. The molecule has 0 aromatic heterocycles. The van der Waals surface area contributed by atoms with Gasteiger partial charge >= 0.3 is 5.97 Å². The molecule has 19 heavy (non-hydrogen) atoms. The molecule has 1 aliphatic rings. The van der Waals surface area contributed by atoms with E-state index in [4.69, 9.17) is 5.11 Å². The lowest BCUT2D eigenvalue weighted by Gasteiger charge is -2.16. The van der Waals surface area contributed by atoms with Crippen LogP contribution in [0.3, 0.4) is 0 Å². The lowest BCUT2D eigenvalue weighted by molar-refractivity contribution is -0.139. The molecule has 1 heterocycles. The molecule has 0 saturated carbocycles. The fraction of sp³-hybridized carbons (Fsp3) is 0.182. The number of nitrogens with one attached hydrogen (secondary N) is 1. The van der Waals surface area contributed by atoms with Crippen molar-refractivity contribution >= 4 is 23.5 Å². The third-order valence-electron chi connectivity index (χ3n) is 2.59. The zero-order chi connectivity index (χ0) is 14.2. The molecule has 0 aliphatic carbocycles. The number of carboxylic acids is 1. The Balaban J connectivity index is 2.21. The van der Waals surface area contributed by atoms with Crippen molar-refractivity contribution in [3.05, 3.63) is 23.8 Å². The quantitative estimate of drug-likeness (QED) is 0.545. The Kier molecular flexibility index (Phi) is 3.09. The van der Waals surface area contributed by atoms with Crippen molar-refractivity contribution in [1.82, 2.24) is 5.01 Å². The van der Waals surface area contributed by atoms with Crippen LogP contribution < -0.4 is 5.43 Å². The minimum Gasteiger partial charge on any atom is -0.507 e. The SMILES string of the molecule is O=C(O)c1ccc(NN2C(=O)CC(O)C2=O)cc1O. The van der Waals surface area contributed by atoms with Gasteiger partial charge in [-0.25, -0.2) is 4.79 Å². The number of aliphatic hydroxyl groups is 1. The number of imide groups is 1. The molecular weight excluding hydrogens is 256 g/mol. The zero-order valence-electron chi connectivity index (χ0n) is 9.53. The van der Waals surface area contributed by atoms with E-state index in [1.165, 1.54) is 6.07 Å². The lowest BCUT2D eigenvalue weighted by Crippen LogP contribution is -2.37. The number of benzene rings is 1. The van der Waals surface area contributed by atoms with Crippen molar-refractivity contribution < 1.29 is 29.7 Å². The highest BCUT2D eigenvalue weighted by molar-refractivity contribution is 6.05. The predicted molar refractivity (Wildman–Crippen MR) is 61.2 cm³/mol. The number of rotatable bonds is 3. The molecule has 1 aromatic rings. The molecule has 8 nitrogen and oxygen atoms in total. The van der Waals surface area contributed by atoms with Crippen LogP contribution in [0.1, 0.15) is 16.8 Å². The van der Waals surface area contributed by atoms with Gasteiger partial charge in [0.05, 0.1) is 12.1 Å². The average molecular weight is 266 g/mol. The summed E-state index contributed by atoms with van der Waals surface area (Å²) >= 11 is 0. The second-order valence-corrected chi connectivity index (χ2v) is 3.94. The average Bonchev–Trinajstić information content (AvgIpc) is 2.56. The molecular formula is C11H10N2O6. The van der Waals surface area contributed by atoms with E-state index in [1.54, 1.807) is 0 Å². The number of hydrogen-bond acceptors (Lipinski definition) is 6. The summed E-state index contributed by atoms with van der Waals surface area (Å²) in [6, 6.07) is 3.48. The number of hydrogen-bond donors (Lipinski definition) is 4. The molecule has 1 saturated heterocycles. The van der Waals surface area contributed by atoms with Gasteiger partial charge in [0.15, 0.2) is 0 Å². The van der Waals surface area contributed by atoms with Crippen LogP contribution in [0.25, 0.3) is 0 Å². The highest BCUT2D eigenvalue weighted by Gasteiger charge is 2.37. The fourth-order valence-electron chi connectivity index (χ4n) is 1.64. The third-order valence-corrected chi connectivity index (χ3v) is 2.59. The standard InChI is InChI=1S/C11H10N2O6/c14-7-3-5(1-2-6(7)11(18)19)12-13-9(16)4-8(15)10(13)17/h1-3,8,12,14-15H,4H2,(H,18,19). The summed E-state index contributed by atoms with van der Waals surface area (Å²) in [7, 11) is 0. The van der Waals surface area contributed by atoms with E-state index in [9.17, 15) is 24.6 Å². The Bertz CT molecular complexity index is 570. The van der Waals surface area contributed by atoms with Crippen molar-refractivity contribution in [3.63, 3.8) is 0 Å². The van der Waals surface area contributed by atoms with Gasteiger partial charge in [0.2, 0.25) is 0 Å². The maximum Gasteiger partial charge on any atom is 0.339 e. The second-order valence-electron chi connectivity index (χ2n) is 3.94. The first-order valence-electron chi connectivity index (χ1n) is 5.28. The monoisotopic (exact) mass is 266 g/mol. The molecule has 2 amide bonds. The number of aliphatic hydroxyl groups excluding tert-OH is 1. The van der Waals surface area contributed by atoms with Gasteiger partial charge in [-0.2, -0.15) is 5.01 Å². The predicted octanol–water partition coefficient (Wildman–Crippen LogP) is -0.463. The van der Waals surface area contributed by atoms with Crippen LogP contribution in [0.15, 0.2) is 18.2 Å². The Hall–Kier alpha value is -2.61. The summed E-state index contributed by atoms with van der Waals surface area (Å²) in [4.78, 5) is 33.5. The minimum atomic E-state index is -1.38. The number of carbonyl (C=O) groups is 3. The fourth-order valence-corrected chi connectivity index (χ4v) is 1.64. The summed E-state index contributed by atoms with van der Waals surface area (Å²) in [5, 5.41) is 28.0. The van der Waals surface area contributed by atoms with Gasteiger partial charge in [0.25, 0.3) is 11.8 Å². The van der Waals surface area contributed by atoms with Crippen molar-refractivity contribution in [2.75, 3.05) is 5.43 Å². The molecule has 1 aliphatic heterocycles. The van der Waals surface area contributed by atoms with E-state index < -0.39 is 29.6 Å². The van der Waals surface area contributed by atoms with Gasteiger partial charge in [-0.1, -0.05) is 0 Å². The van der Waals surface area contributed by atoms with Crippen molar-refractivity contribution in [1.29, 1.82) is 0 Å². The number of aromatic hydroxyl groups is 1. The van der Waals surface area contributed by atoms with Gasteiger partial charge in [0.1, 0.15) is 17.4 Å². The number of hydrazine groups is 1. The van der Waals surface area contributed by atoms with E-state index in [0.717, 1.165) is 12.1 Å². The lowest BCUT2D eigenvalue weighted by atomic mass is 10.2. The van der Waals surface area contributed by atoms with E-state index in [-0.39, 0.29) is 17.7 Å². The van der Waals surface area contributed by atoms with Gasteiger partial charge in [-0.15, -0.1) is 0 Å². The van der Waals surface area contributed by atoms with Crippen molar-refractivity contribution in [2.24, 2.45) is 0 Å². The van der Waals surface area contributed by atoms with Crippen LogP contribution in [-0.2, 0) is 9.59 Å². The Morgan fingerprint density at radius 1 is 1.37 bits per heavy atom. The van der Waals surface area contributed by atoms with Crippen molar-refractivity contribution in [3.8, 4) is 5.75 Å². The molecule has 1 atom stereocenters. The van der Waals surface area contributed by atoms with Crippen LogP contribution in [0.4, 0.5) is 5.69 Å². The molecule has 1 aromatic carbocycles. The van der Waals surface area contributed by atoms with Crippen molar-refractivity contribution in [2.45, 2.75) is 12.5 Å². The second kappa shape index (κ2) is 4.58. The Morgan fingerprint density at radius 3 is 2.53 bits per heavy atom. The van der Waals surface area contributed by atoms with Crippen LogP contribution in [-0.4, -0.2) is 44.2 Å². The van der Waals surface area contributed by atoms with Crippen LogP contribution >= 0.6 is 0 Å². The molecule has 0 radical (unpaired) electrons. The molecule has 1 fully saturated rings. The summed E-state index contributed by atoms with van der Waals surface area (Å²) in [5.41, 5.74) is 2.25. The molecule has 100 valence electrons. The Labute approximate surface area is 106 Å². The number of carbonyl (C=O) groups excluding carboxylic acids is 2. The molecule has 1 unspecified atom stereocenters. The highest BCUT2D eigenvalue weighted by atomic mass is 16.4. The van der Waals surface area contributed by atoms with Crippen LogP contribution in [0.2, 0.25) is 0 Å². The van der Waals surface area contributed by atoms with E-state index in [2.05, 4.69) is 5.43 Å². The van der Waals surface area contributed by atoms with Gasteiger partial charge in [0, 0.05) is 6.07 Å². The normalized spacial score (nSPS) is 18.8. The number of phenols is 1. The zero-order valence-corrected chi connectivity index (χ0v) is 9.53. The molecule has 4 N–H and O–H groups in total. The number of nitrogens with zero attached hydrogens (tertiary/aromatic N) is 1. The smallest absolute Gasteiger partial charge is 0.339 e. The number of aromatic carboxylic acids is 1. The number of amides is 2. The first-order chi connectivity index (χ1) is 8.90. The topological polar surface area (TPSA) is 127 Å². The molecule has 8 heteroatoms. The number of anilines is 1. The van der Waals surface area contributed by atoms with Crippen LogP contribution in [0, 0.1) is 0 Å². The minimum absolute atomic E-state index is 0.151. The summed E-state index contributed by atoms with van der Waals surface area (Å²) in [6.07, 6.45) is -1.70. The highest BCUT2D eigenvalue weighted by Crippen LogP contribution is 2.23. The largest absolute Gasteiger partial charge is 0.507 e. The maximum atomic E-state index is 11.4. The summed E-state index contributed by atoms with van der Waals surface area (Å²) in [6.45, 7) is 0. The molecule has 0 bridgehead atoms. The maximum absolute atomic E-state index is 11.4. The molecule has 2 rings (SSSR count). The van der Waals surface area contributed by atoms with Gasteiger partial charge in [-0.05, 0) is 12.1 Å². The Morgan fingerprint density at radius 2 is 2.05 bits per heavy atom.